The Morgan fingerprint density at radius 3 is 2.72 bits per heavy atom. The highest BCUT2D eigenvalue weighted by Crippen LogP contribution is 2.33. The summed E-state index contributed by atoms with van der Waals surface area (Å²) in [5, 5.41) is 7.10. The number of hydrogen-bond acceptors (Lipinski definition) is 4. The third-order valence-electron chi connectivity index (χ3n) is 3.36. The third kappa shape index (κ3) is 1.96. The molecular weight excluding hydrogens is 226 g/mol. The minimum atomic E-state index is 0.327. The van der Waals surface area contributed by atoms with Gasteiger partial charge >= 0.3 is 0 Å². The van der Waals surface area contributed by atoms with Crippen molar-refractivity contribution in [3.63, 3.8) is 0 Å². The molecule has 0 radical (unpaired) electrons. The highest BCUT2D eigenvalue weighted by molar-refractivity contribution is 5.37. The summed E-state index contributed by atoms with van der Waals surface area (Å²) in [7, 11) is 0. The van der Waals surface area contributed by atoms with E-state index in [1.165, 1.54) is 6.42 Å². The second kappa shape index (κ2) is 4.40. The van der Waals surface area contributed by atoms with Crippen molar-refractivity contribution in [3.8, 4) is 0 Å². The van der Waals surface area contributed by atoms with E-state index in [0.29, 0.717) is 6.04 Å². The summed E-state index contributed by atoms with van der Waals surface area (Å²) in [4.78, 5) is 11.4. The molecule has 0 saturated carbocycles. The van der Waals surface area contributed by atoms with Crippen molar-refractivity contribution in [2.75, 3.05) is 11.4 Å². The average molecular weight is 243 g/mol. The number of aryl methyl sites for hydroxylation is 2. The van der Waals surface area contributed by atoms with Crippen LogP contribution in [0.25, 0.3) is 0 Å². The Morgan fingerprint density at radius 1 is 1.28 bits per heavy atom. The number of rotatable bonds is 2. The molecule has 94 valence electrons. The Labute approximate surface area is 106 Å². The monoisotopic (exact) mass is 243 g/mol. The SMILES string of the molecule is Cc1cc(C)nc(N2CCC[C@@H]2c2ccn[nH]2)n1. The summed E-state index contributed by atoms with van der Waals surface area (Å²) in [6.45, 7) is 5.03. The number of nitrogens with one attached hydrogen (secondary N) is 1. The first-order valence-corrected chi connectivity index (χ1v) is 6.32. The van der Waals surface area contributed by atoms with E-state index >= 15 is 0 Å². The Balaban J connectivity index is 1.95. The summed E-state index contributed by atoms with van der Waals surface area (Å²) >= 11 is 0. The fourth-order valence-corrected chi connectivity index (χ4v) is 2.62. The lowest BCUT2D eigenvalue weighted by molar-refractivity contribution is 0.673. The molecule has 1 fully saturated rings. The molecule has 5 heteroatoms. The van der Waals surface area contributed by atoms with E-state index in [1.807, 2.05) is 26.0 Å². The zero-order chi connectivity index (χ0) is 12.5. The smallest absolute Gasteiger partial charge is 0.226 e. The number of aromatic nitrogens is 4. The fraction of sp³-hybridized carbons (Fsp3) is 0.462. The Kier molecular flexibility index (Phi) is 2.74. The molecule has 18 heavy (non-hydrogen) atoms. The topological polar surface area (TPSA) is 57.7 Å². The summed E-state index contributed by atoms with van der Waals surface area (Å²) < 4.78 is 0. The maximum atomic E-state index is 4.56. The highest BCUT2D eigenvalue weighted by Gasteiger charge is 2.29. The van der Waals surface area contributed by atoms with Crippen molar-refractivity contribution >= 4 is 5.95 Å². The molecule has 0 aliphatic carbocycles. The molecule has 3 heterocycles. The third-order valence-corrected chi connectivity index (χ3v) is 3.36. The van der Waals surface area contributed by atoms with Gasteiger partial charge in [-0.3, -0.25) is 5.10 Å². The number of nitrogens with zero attached hydrogens (tertiary/aromatic N) is 4. The van der Waals surface area contributed by atoms with E-state index in [0.717, 1.165) is 36.0 Å². The second-order valence-corrected chi connectivity index (χ2v) is 4.81. The van der Waals surface area contributed by atoms with E-state index in [2.05, 4.69) is 25.1 Å². The van der Waals surface area contributed by atoms with Crippen molar-refractivity contribution in [1.82, 2.24) is 20.2 Å². The molecule has 0 aromatic carbocycles. The van der Waals surface area contributed by atoms with Crippen LogP contribution in [0.4, 0.5) is 5.95 Å². The Morgan fingerprint density at radius 2 is 2.06 bits per heavy atom. The van der Waals surface area contributed by atoms with Crippen LogP contribution < -0.4 is 4.90 Å². The quantitative estimate of drug-likeness (QED) is 0.878. The van der Waals surface area contributed by atoms with E-state index in [9.17, 15) is 0 Å². The van der Waals surface area contributed by atoms with Crippen molar-refractivity contribution in [1.29, 1.82) is 0 Å². The van der Waals surface area contributed by atoms with E-state index in [1.54, 1.807) is 6.20 Å². The van der Waals surface area contributed by atoms with Crippen LogP contribution in [0.1, 0.15) is 36.0 Å². The number of hydrogen-bond donors (Lipinski definition) is 1. The first-order chi connectivity index (χ1) is 8.74. The van der Waals surface area contributed by atoms with Crippen LogP contribution in [0, 0.1) is 13.8 Å². The fourth-order valence-electron chi connectivity index (χ4n) is 2.62. The van der Waals surface area contributed by atoms with Gasteiger partial charge < -0.3 is 4.90 Å². The summed E-state index contributed by atoms with van der Waals surface area (Å²) in [5.41, 5.74) is 3.19. The largest absolute Gasteiger partial charge is 0.332 e. The van der Waals surface area contributed by atoms with Gasteiger partial charge in [-0.05, 0) is 38.8 Å². The predicted molar refractivity (Wildman–Crippen MR) is 69.4 cm³/mol. The lowest BCUT2D eigenvalue weighted by Crippen LogP contribution is -2.25. The zero-order valence-electron chi connectivity index (χ0n) is 10.7. The average Bonchev–Trinajstić information content (AvgIpc) is 2.98. The lowest BCUT2D eigenvalue weighted by Gasteiger charge is -2.24. The Hall–Kier alpha value is -1.91. The number of H-pyrrole nitrogens is 1. The zero-order valence-corrected chi connectivity index (χ0v) is 10.7. The van der Waals surface area contributed by atoms with Gasteiger partial charge in [0.1, 0.15) is 0 Å². The van der Waals surface area contributed by atoms with Crippen molar-refractivity contribution in [2.45, 2.75) is 32.7 Å². The van der Waals surface area contributed by atoms with Gasteiger partial charge in [0.2, 0.25) is 5.95 Å². The molecule has 3 rings (SSSR count). The summed E-state index contributed by atoms with van der Waals surface area (Å²) in [5.74, 6) is 0.838. The number of anilines is 1. The van der Waals surface area contributed by atoms with E-state index in [4.69, 9.17) is 0 Å². The van der Waals surface area contributed by atoms with Crippen LogP contribution in [0.2, 0.25) is 0 Å². The van der Waals surface area contributed by atoms with Crippen molar-refractivity contribution in [2.24, 2.45) is 0 Å². The standard InChI is InChI=1S/C13H17N5/c1-9-8-10(2)16-13(15-9)18-7-3-4-12(18)11-5-6-14-17-11/h5-6,8,12H,3-4,7H2,1-2H3,(H,14,17)/t12-/m1/s1. The van der Waals surface area contributed by atoms with Gasteiger partial charge in [-0.15, -0.1) is 0 Å². The highest BCUT2D eigenvalue weighted by atomic mass is 15.3. The van der Waals surface area contributed by atoms with Crippen LogP contribution in [0.3, 0.4) is 0 Å². The van der Waals surface area contributed by atoms with Crippen molar-refractivity contribution in [3.05, 3.63) is 35.4 Å². The van der Waals surface area contributed by atoms with Gasteiger partial charge in [-0.2, -0.15) is 5.10 Å². The second-order valence-electron chi connectivity index (χ2n) is 4.81. The molecule has 1 aliphatic heterocycles. The normalized spacial score (nSPS) is 19.4. The molecule has 0 spiro atoms. The molecule has 0 bridgehead atoms. The van der Waals surface area contributed by atoms with Crippen LogP contribution in [0.5, 0.6) is 0 Å². The van der Waals surface area contributed by atoms with E-state index in [-0.39, 0.29) is 0 Å². The van der Waals surface area contributed by atoms with E-state index < -0.39 is 0 Å². The minimum absolute atomic E-state index is 0.327. The molecule has 1 atom stereocenters. The van der Waals surface area contributed by atoms with Gasteiger partial charge in [0.05, 0.1) is 11.7 Å². The molecule has 2 aromatic rings. The maximum Gasteiger partial charge on any atom is 0.226 e. The summed E-state index contributed by atoms with van der Waals surface area (Å²) in [6.07, 6.45) is 4.09. The molecule has 1 N–H and O–H groups in total. The van der Waals surface area contributed by atoms with Gasteiger partial charge in [0.25, 0.3) is 0 Å². The van der Waals surface area contributed by atoms with Gasteiger partial charge in [0.15, 0.2) is 0 Å². The van der Waals surface area contributed by atoms with Crippen LogP contribution in [-0.4, -0.2) is 26.7 Å². The van der Waals surface area contributed by atoms with Gasteiger partial charge in [-0.1, -0.05) is 0 Å². The van der Waals surface area contributed by atoms with Crippen LogP contribution in [0.15, 0.2) is 18.3 Å². The number of aromatic amines is 1. The summed E-state index contributed by atoms with van der Waals surface area (Å²) in [6, 6.07) is 4.37. The van der Waals surface area contributed by atoms with Gasteiger partial charge in [-0.25, -0.2) is 9.97 Å². The first-order valence-electron chi connectivity index (χ1n) is 6.32. The molecule has 2 aromatic heterocycles. The lowest BCUT2D eigenvalue weighted by atomic mass is 10.1. The maximum absolute atomic E-state index is 4.56. The Bertz CT molecular complexity index is 514. The molecular formula is C13H17N5. The van der Waals surface area contributed by atoms with Crippen LogP contribution >= 0.6 is 0 Å². The molecule has 5 nitrogen and oxygen atoms in total. The minimum Gasteiger partial charge on any atom is -0.332 e. The molecule has 1 saturated heterocycles. The van der Waals surface area contributed by atoms with Gasteiger partial charge in [0, 0.05) is 24.1 Å². The molecule has 1 aliphatic rings. The van der Waals surface area contributed by atoms with Crippen LogP contribution in [-0.2, 0) is 0 Å². The predicted octanol–water partition coefficient (Wildman–Crippen LogP) is 2.16. The molecule has 0 amide bonds. The first kappa shape index (κ1) is 11.2. The van der Waals surface area contributed by atoms with Crippen molar-refractivity contribution < 1.29 is 0 Å². The molecule has 0 unspecified atom stereocenters.